The number of thioether (sulfide) groups is 1. The quantitative estimate of drug-likeness (QED) is 0.457. The molecule has 6 N–H and O–H groups in total. The summed E-state index contributed by atoms with van der Waals surface area (Å²) >= 11 is 1.62. The number of halogens is 3. The fourth-order valence-corrected chi connectivity index (χ4v) is 3.06. The molecular weight excluding hydrogens is 353 g/mol. The predicted molar refractivity (Wildman–Crippen MR) is 74.7 cm³/mol. The fourth-order valence-electron chi connectivity index (χ4n) is 0.880. The molecule has 118 valence electrons. The van der Waals surface area contributed by atoms with Gasteiger partial charge in [0, 0.05) is 11.1 Å². The zero-order valence-corrected chi connectivity index (χ0v) is 12.5. The summed E-state index contributed by atoms with van der Waals surface area (Å²) in [7, 11) is -5.58. The van der Waals surface area contributed by atoms with E-state index in [0.29, 0.717) is 17.5 Å². The summed E-state index contributed by atoms with van der Waals surface area (Å²) < 4.78 is 58.8. The first-order chi connectivity index (χ1) is 9.51. The van der Waals surface area contributed by atoms with Gasteiger partial charge in [0.25, 0.3) is 0 Å². The summed E-state index contributed by atoms with van der Waals surface area (Å²) in [5.74, 6) is -0.218. The number of rotatable bonds is 4. The summed E-state index contributed by atoms with van der Waals surface area (Å²) in [6, 6.07) is 0. The Bertz CT molecular complexity index is 649. The first-order valence-electron chi connectivity index (χ1n) is 4.86. The first kappa shape index (κ1) is 17.5. The van der Waals surface area contributed by atoms with E-state index in [-0.39, 0.29) is 16.8 Å². The third-order valence-corrected chi connectivity index (χ3v) is 4.49. The Hall–Kier alpha value is -1.54. The molecule has 0 aromatic carbocycles. The summed E-state index contributed by atoms with van der Waals surface area (Å²) in [5, 5.41) is 8.07. The molecule has 8 nitrogen and oxygen atoms in total. The lowest BCUT2D eigenvalue weighted by Gasteiger charge is -2.10. The molecule has 21 heavy (non-hydrogen) atoms. The van der Waals surface area contributed by atoms with E-state index in [9.17, 15) is 21.6 Å². The minimum absolute atomic E-state index is 0.0181. The van der Waals surface area contributed by atoms with Crippen LogP contribution in [0.4, 0.5) is 18.3 Å². The molecule has 0 atom stereocenters. The van der Waals surface area contributed by atoms with Gasteiger partial charge in [0.05, 0.1) is 5.69 Å². The van der Waals surface area contributed by atoms with E-state index in [1.807, 2.05) is 0 Å². The average Bonchev–Trinajstić information content (AvgIpc) is 2.71. The number of thiazole rings is 1. The normalized spacial score (nSPS) is 12.0. The standard InChI is InChI=1S/C7H9F3N6O2S3/c8-7(9,10)21(17,18)16-5(13)19-1-3-2-20-6(14-3)15-4(11)12/h2H,1H2,(H2,13,16)(H4,11,12,14,15). The predicted octanol–water partition coefficient (Wildman–Crippen LogP) is 0.655. The van der Waals surface area contributed by atoms with Crippen molar-refractivity contribution in [2.45, 2.75) is 11.3 Å². The molecule has 1 rings (SSSR count). The second-order valence-corrected chi connectivity index (χ2v) is 6.82. The molecule has 0 unspecified atom stereocenters. The van der Waals surface area contributed by atoms with Gasteiger partial charge < -0.3 is 11.5 Å². The highest BCUT2D eigenvalue weighted by atomic mass is 32.2. The Morgan fingerprint density at radius 2 is 2.14 bits per heavy atom. The van der Waals surface area contributed by atoms with Crippen LogP contribution in [0.25, 0.3) is 0 Å². The Balaban J connectivity index is 2.58. The van der Waals surface area contributed by atoms with Crippen molar-refractivity contribution in [1.82, 2.24) is 9.71 Å². The topological polar surface area (TPSA) is 147 Å². The number of hydrogen-bond donors (Lipinski definition) is 4. The molecule has 0 fully saturated rings. The van der Waals surface area contributed by atoms with Crippen LogP contribution in [0.5, 0.6) is 0 Å². The van der Waals surface area contributed by atoms with E-state index in [1.165, 1.54) is 5.38 Å². The monoisotopic (exact) mass is 362 g/mol. The van der Waals surface area contributed by atoms with Crippen molar-refractivity contribution in [2.75, 3.05) is 0 Å². The van der Waals surface area contributed by atoms with Crippen LogP contribution < -0.4 is 16.2 Å². The van der Waals surface area contributed by atoms with Gasteiger partial charge in [-0.05, 0) is 0 Å². The number of guanidine groups is 1. The van der Waals surface area contributed by atoms with Crippen molar-refractivity contribution < 1.29 is 21.6 Å². The molecule has 0 aliphatic rings. The lowest BCUT2D eigenvalue weighted by Crippen LogP contribution is -2.38. The molecule has 0 saturated carbocycles. The number of nitrogens with two attached hydrogens (primary N) is 2. The number of aliphatic imine (C=N–C) groups is 1. The number of aromatic nitrogens is 1. The fraction of sp³-hybridized carbons (Fsp3) is 0.286. The third-order valence-electron chi connectivity index (χ3n) is 1.66. The van der Waals surface area contributed by atoms with Crippen LogP contribution in [-0.4, -0.2) is 30.0 Å². The van der Waals surface area contributed by atoms with Gasteiger partial charge in [-0.15, -0.1) is 11.3 Å². The van der Waals surface area contributed by atoms with Crippen molar-refractivity contribution >= 4 is 49.4 Å². The Kier molecular flexibility index (Phi) is 5.41. The lowest BCUT2D eigenvalue weighted by molar-refractivity contribution is -0.0442. The molecule has 0 saturated heterocycles. The minimum Gasteiger partial charge on any atom is -0.370 e. The van der Waals surface area contributed by atoms with Gasteiger partial charge >= 0.3 is 15.5 Å². The first-order valence-corrected chi connectivity index (χ1v) is 8.20. The minimum atomic E-state index is -5.58. The van der Waals surface area contributed by atoms with Crippen LogP contribution in [0.1, 0.15) is 5.69 Å². The van der Waals surface area contributed by atoms with Gasteiger partial charge in [0.1, 0.15) is 0 Å². The van der Waals surface area contributed by atoms with Gasteiger partial charge in [0.2, 0.25) is 5.13 Å². The highest BCUT2D eigenvalue weighted by Gasteiger charge is 2.46. The highest BCUT2D eigenvalue weighted by molar-refractivity contribution is 8.14. The Morgan fingerprint density at radius 1 is 1.52 bits per heavy atom. The zero-order valence-electron chi connectivity index (χ0n) is 10.0. The van der Waals surface area contributed by atoms with Crippen LogP contribution >= 0.6 is 23.1 Å². The molecule has 0 aliphatic carbocycles. The maximum Gasteiger partial charge on any atom is 0.516 e. The van der Waals surface area contributed by atoms with Gasteiger partial charge in [-0.2, -0.15) is 26.6 Å². The van der Waals surface area contributed by atoms with Crippen molar-refractivity contribution in [3.05, 3.63) is 11.1 Å². The molecule has 0 bridgehead atoms. The molecule has 1 aromatic heterocycles. The van der Waals surface area contributed by atoms with Gasteiger partial charge in [0.15, 0.2) is 11.1 Å². The Morgan fingerprint density at radius 3 is 2.67 bits per heavy atom. The van der Waals surface area contributed by atoms with Crippen LogP contribution in [0, 0.1) is 5.41 Å². The average molecular weight is 362 g/mol. The summed E-state index contributed by atoms with van der Waals surface area (Å²) in [5.41, 5.74) is 5.19. The molecule has 0 aliphatic heterocycles. The SMILES string of the molecule is N=C(NS(=O)(=O)C(F)(F)F)SCc1csc(N=C(N)N)n1. The number of nitrogens with one attached hydrogen (secondary N) is 2. The number of hydrogen-bond acceptors (Lipinski definition) is 7. The molecule has 1 heterocycles. The van der Waals surface area contributed by atoms with E-state index in [4.69, 9.17) is 16.9 Å². The van der Waals surface area contributed by atoms with E-state index in [0.717, 1.165) is 16.1 Å². The maximum atomic E-state index is 12.1. The zero-order chi connectivity index (χ0) is 16.3. The van der Waals surface area contributed by atoms with Crippen molar-refractivity contribution in [1.29, 1.82) is 5.41 Å². The Labute approximate surface area is 125 Å². The molecule has 1 aromatic rings. The van der Waals surface area contributed by atoms with E-state index < -0.39 is 20.7 Å². The molecule has 0 amide bonds. The second kappa shape index (κ2) is 6.48. The maximum absolute atomic E-state index is 12.1. The number of alkyl halides is 3. The van der Waals surface area contributed by atoms with Gasteiger partial charge in [-0.25, -0.2) is 4.98 Å². The van der Waals surface area contributed by atoms with Crippen LogP contribution in [0.15, 0.2) is 10.4 Å². The number of amidine groups is 1. The number of sulfonamides is 1. The number of nitrogens with zero attached hydrogens (tertiary/aromatic N) is 2. The molecule has 14 heteroatoms. The van der Waals surface area contributed by atoms with Crippen molar-refractivity contribution in [2.24, 2.45) is 16.5 Å². The summed E-state index contributed by atoms with van der Waals surface area (Å²) in [4.78, 5) is 7.58. The second-order valence-electron chi connectivity index (χ2n) is 3.33. The summed E-state index contributed by atoms with van der Waals surface area (Å²) in [6.45, 7) is 0. The van der Waals surface area contributed by atoms with Gasteiger partial charge in [-0.3, -0.25) is 10.1 Å². The highest BCUT2D eigenvalue weighted by Crippen LogP contribution is 2.24. The smallest absolute Gasteiger partial charge is 0.370 e. The van der Waals surface area contributed by atoms with Crippen LogP contribution in [-0.2, 0) is 15.8 Å². The van der Waals surface area contributed by atoms with Crippen LogP contribution in [0.3, 0.4) is 0 Å². The van der Waals surface area contributed by atoms with E-state index in [2.05, 4.69) is 9.98 Å². The van der Waals surface area contributed by atoms with Crippen molar-refractivity contribution in [3.8, 4) is 0 Å². The molecule has 0 radical (unpaired) electrons. The van der Waals surface area contributed by atoms with E-state index >= 15 is 0 Å². The molecular formula is C7H9F3N6O2S3. The largest absolute Gasteiger partial charge is 0.516 e. The lowest BCUT2D eigenvalue weighted by atomic mass is 10.6. The van der Waals surface area contributed by atoms with Crippen molar-refractivity contribution in [3.63, 3.8) is 0 Å². The van der Waals surface area contributed by atoms with Crippen LogP contribution in [0.2, 0.25) is 0 Å². The summed E-state index contributed by atoms with van der Waals surface area (Å²) in [6.07, 6.45) is 0. The van der Waals surface area contributed by atoms with E-state index in [1.54, 1.807) is 0 Å². The van der Waals surface area contributed by atoms with Gasteiger partial charge in [-0.1, -0.05) is 11.8 Å². The molecule has 0 spiro atoms. The third kappa shape index (κ3) is 5.39.